The molecular formula is C15H24N3O4+. The highest BCUT2D eigenvalue weighted by Gasteiger charge is 2.15. The van der Waals surface area contributed by atoms with Gasteiger partial charge in [-0.15, -0.1) is 0 Å². The van der Waals surface area contributed by atoms with E-state index < -0.39 is 0 Å². The summed E-state index contributed by atoms with van der Waals surface area (Å²) >= 11 is 0. The van der Waals surface area contributed by atoms with Crippen LogP contribution in [-0.4, -0.2) is 58.4 Å². The van der Waals surface area contributed by atoms with Gasteiger partial charge in [-0.1, -0.05) is 0 Å². The molecule has 22 heavy (non-hydrogen) atoms. The second kappa shape index (κ2) is 9.22. The van der Waals surface area contributed by atoms with Gasteiger partial charge in [-0.3, -0.25) is 10.1 Å². The number of amides is 1. The molecular weight excluding hydrogens is 286 g/mol. The van der Waals surface area contributed by atoms with Crippen LogP contribution in [0.2, 0.25) is 0 Å². The third kappa shape index (κ3) is 5.50. The first-order valence-corrected chi connectivity index (χ1v) is 7.64. The molecule has 1 aliphatic rings. The van der Waals surface area contributed by atoms with E-state index in [0.717, 1.165) is 6.54 Å². The lowest BCUT2D eigenvalue weighted by molar-refractivity contribution is -0.885. The average molecular weight is 310 g/mol. The zero-order valence-electron chi connectivity index (χ0n) is 13.0. The van der Waals surface area contributed by atoms with Crippen LogP contribution in [0, 0.1) is 0 Å². The first-order chi connectivity index (χ1) is 10.8. The summed E-state index contributed by atoms with van der Waals surface area (Å²) < 4.78 is 15.5. The van der Waals surface area contributed by atoms with Gasteiger partial charge in [-0.25, -0.2) is 4.99 Å². The van der Waals surface area contributed by atoms with Crippen LogP contribution in [0.25, 0.3) is 0 Å². The van der Waals surface area contributed by atoms with E-state index in [2.05, 4.69) is 10.3 Å². The van der Waals surface area contributed by atoms with Gasteiger partial charge >= 0.3 is 0 Å². The molecule has 0 aromatic carbocycles. The molecule has 0 bridgehead atoms. The topological polar surface area (TPSA) is 77.5 Å². The highest BCUT2D eigenvalue weighted by Crippen LogP contribution is 1.99. The number of rotatable bonds is 7. The lowest BCUT2D eigenvalue weighted by atomic mass is 10.4. The molecule has 0 atom stereocenters. The smallest absolute Gasteiger partial charge is 0.294 e. The molecule has 7 heteroatoms. The van der Waals surface area contributed by atoms with Gasteiger partial charge in [-0.2, -0.15) is 0 Å². The molecule has 1 fully saturated rings. The summed E-state index contributed by atoms with van der Waals surface area (Å²) in [5.74, 6) is -0.136. The number of nitrogens with zero attached hydrogens (tertiary/aromatic N) is 1. The van der Waals surface area contributed by atoms with Gasteiger partial charge in [-0.05, 0) is 12.1 Å². The fourth-order valence-corrected chi connectivity index (χ4v) is 2.35. The number of hydrogen-bond donors (Lipinski definition) is 2. The lowest BCUT2D eigenvalue weighted by Crippen LogP contribution is -3.10. The Morgan fingerprint density at radius 1 is 1.41 bits per heavy atom. The predicted molar refractivity (Wildman–Crippen MR) is 81.1 cm³/mol. The van der Waals surface area contributed by atoms with Crippen LogP contribution in [0.4, 0.5) is 0 Å². The molecule has 1 aromatic rings. The number of quaternary nitrogens is 1. The van der Waals surface area contributed by atoms with E-state index in [-0.39, 0.29) is 17.7 Å². The van der Waals surface area contributed by atoms with Crippen molar-refractivity contribution in [2.75, 3.05) is 46.5 Å². The molecule has 2 heterocycles. The molecule has 122 valence electrons. The molecule has 0 saturated carbocycles. The number of amidine groups is 1. The van der Waals surface area contributed by atoms with Crippen molar-refractivity contribution in [2.45, 2.75) is 12.8 Å². The van der Waals surface area contributed by atoms with Crippen molar-refractivity contribution in [3.63, 3.8) is 0 Å². The normalized spacial score (nSPS) is 16.0. The van der Waals surface area contributed by atoms with Gasteiger partial charge in [0.05, 0.1) is 39.0 Å². The fraction of sp³-hybridized carbons (Fsp3) is 0.600. The molecule has 0 radical (unpaired) electrons. The maximum absolute atomic E-state index is 12.0. The molecule has 1 saturated heterocycles. The van der Waals surface area contributed by atoms with E-state index in [0.29, 0.717) is 19.8 Å². The Hall–Kier alpha value is -1.86. The maximum Gasteiger partial charge on any atom is 0.294 e. The zero-order chi connectivity index (χ0) is 15.6. The van der Waals surface area contributed by atoms with E-state index >= 15 is 0 Å². The molecule has 0 unspecified atom stereocenters. The van der Waals surface area contributed by atoms with Gasteiger partial charge < -0.3 is 18.8 Å². The van der Waals surface area contributed by atoms with E-state index in [1.54, 1.807) is 24.1 Å². The minimum atomic E-state index is -0.366. The van der Waals surface area contributed by atoms with Crippen molar-refractivity contribution < 1.29 is 23.6 Å². The monoisotopic (exact) mass is 310 g/mol. The molecule has 0 aliphatic carbocycles. The minimum Gasteiger partial charge on any atom is -0.463 e. The van der Waals surface area contributed by atoms with Crippen molar-refractivity contribution in [1.82, 2.24) is 5.32 Å². The molecule has 1 aliphatic heterocycles. The molecule has 0 spiro atoms. The Morgan fingerprint density at radius 3 is 2.91 bits per heavy atom. The van der Waals surface area contributed by atoms with E-state index in [1.807, 2.05) is 0 Å². The van der Waals surface area contributed by atoms with Crippen LogP contribution in [-0.2, 0) is 9.47 Å². The Bertz CT molecular complexity index is 467. The summed E-state index contributed by atoms with van der Waals surface area (Å²) in [6.07, 6.45) is 4.02. The quantitative estimate of drug-likeness (QED) is 0.412. The number of methoxy groups -OCH3 is 1. The van der Waals surface area contributed by atoms with Crippen molar-refractivity contribution in [2.24, 2.45) is 4.99 Å². The third-order valence-corrected chi connectivity index (χ3v) is 3.52. The van der Waals surface area contributed by atoms with E-state index in [9.17, 15) is 4.79 Å². The standard InChI is InChI=1S/C15H23N3O4/c1-20-11-12-22-15(16-6-9-18-7-2-3-8-18)17-14(19)13-5-4-10-21-13/h4-5,10H,2-3,6-9,11-12H2,1H3,(H,16,17,19)/p+1. The SMILES string of the molecule is COCCOC(=NCC[NH+]1CCCC1)NC(=O)c1ccco1. The van der Waals surface area contributed by atoms with Crippen LogP contribution in [0.5, 0.6) is 0 Å². The zero-order valence-corrected chi connectivity index (χ0v) is 13.0. The summed E-state index contributed by atoms with van der Waals surface area (Å²) in [6.45, 7) is 4.75. The maximum atomic E-state index is 12.0. The summed E-state index contributed by atoms with van der Waals surface area (Å²) in [4.78, 5) is 17.9. The third-order valence-electron chi connectivity index (χ3n) is 3.52. The highest BCUT2D eigenvalue weighted by molar-refractivity contribution is 6.02. The average Bonchev–Trinajstić information content (AvgIpc) is 3.20. The van der Waals surface area contributed by atoms with Gasteiger partial charge in [0, 0.05) is 20.0 Å². The number of aliphatic imine (C=N–C) groups is 1. The van der Waals surface area contributed by atoms with E-state index in [4.69, 9.17) is 13.9 Å². The first kappa shape index (κ1) is 16.5. The van der Waals surface area contributed by atoms with Crippen LogP contribution in [0.1, 0.15) is 23.4 Å². The number of likely N-dealkylation sites (tertiary alicyclic amines) is 1. The Labute approximate surface area is 130 Å². The predicted octanol–water partition coefficient (Wildman–Crippen LogP) is -0.293. The number of ether oxygens (including phenoxy) is 2. The number of nitrogens with one attached hydrogen (secondary N) is 2. The number of furan rings is 1. The summed E-state index contributed by atoms with van der Waals surface area (Å²) in [7, 11) is 1.60. The van der Waals surface area contributed by atoms with Crippen LogP contribution in [0.15, 0.2) is 27.8 Å². The van der Waals surface area contributed by atoms with Gasteiger partial charge in [0.15, 0.2) is 5.76 Å². The van der Waals surface area contributed by atoms with Crippen molar-refractivity contribution in [3.8, 4) is 0 Å². The second-order valence-corrected chi connectivity index (χ2v) is 5.17. The van der Waals surface area contributed by atoms with Gasteiger partial charge in [0.2, 0.25) is 0 Å². The minimum absolute atomic E-state index is 0.219. The van der Waals surface area contributed by atoms with E-state index in [1.165, 1.54) is 32.2 Å². The number of hydrogen-bond acceptors (Lipinski definition) is 5. The molecule has 1 aromatic heterocycles. The van der Waals surface area contributed by atoms with Crippen LogP contribution >= 0.6 is 0 Å². The summed E-state index contributed by atoms with van der Waals surface area (Å²) in [5, 5.41) is 2.63. The molecule has 7 nitrogen and oxygen atoms in total. The Morgan fingerprint density at radius 2 is 2.23 bits per heavy atom. The first-order valence-electron chi connectivity index (χ1n) is 7.64. The fourth-order valence-electron chi connectivity index (χ4n) is 2.35. The van der Waals surface area contributed by atoms with Crippen molar-refractivity contribution in [3.05, 3.63) is 24.2 Å². The van der Waals surface area contributed by atoms with Gasteiger partial charge in [0.1, 0.15) is 6.61 Å². The molecule has 2 rings (SSSR count). The summed E-state index contributed by atoms with van der Waals surface area (Å²) in [5.41, 5.74) is 0. The highest BCUT2D eigenvalue weighted by atomic mass is 16.5. The lowest BCUT2D eigenvalue weighted by Gasteiger charge is -2.12. The largest absolute Gasteiger partial charge is 0.463 e. The van der Waals surface area contributed by atoms with Crippen molar-refractivity contribution >= 4 is 11.9 Å². The molecule has 1 amide bonds. The Kier molecular flexibility index (Phi) is 6.92. The van der Waals surface area contributed by atoms with Crippen molar-refractivity contribution in [1.29, 1.82) is 0 Å². The Balaban J connectivity index is 1.84. The van der Waals surface area contributed by atoms with Gasteiger partial charge in [0.25, 0.3) is 11.9 Å². The molecule has 2 N–H and O–H groups in total. The number of carbonyl (C=O) groups is 1. The second-order valence-electron chi connectivity index (χ2n) is 5.17. The van der Waals surface area contributed by atoms with Crippen LogP contribution < -0.4 is 10.2 Å². The number of carbonyl (C=O) groups excluding carboxylic acids is 1. The van der Waals surface area contributed by atoms with Crippen LogP contribution in [0.3, 0.4) is 0 Å². The summed E-state index contributed by atoms with van der Waals surface area (Å²) in [6, 6.07) is 3.47.